The molecule has 0 aliphatic rings. The van der Waals surface area contributed by atoms with E-state index in [1.165, 1.54) is 52.2 Å². The minimum Gasteiger partial charge on any atom is -0.491 e. The van der Waals surface area contributed by atoms with Crippen LogP contribution in [0.4, 0.5) is 28.6 Å². The van der Waals surface area contributed by atoms with Crippen molar-refractivity contribution < 1.29 is 60.7 Å². The summed E-state index contributed by atoms with van der Waals surface area (Å²) < 4.78 is 81.6. The number of nitrogens with one attached hydrogen (secondary N) is 6. The van der Waals surface area contributed by atoms with E-state index in [4.69, 9.17) is 33.2 Å². The van der Waals surface area contributed by atoms with Gasteiger partial charge in [-0.1, -0.05) is 81.8 Å². The fourth-order valence-corrected chi connectivity index (χ4v) is 11.9. The van der Waals surface area contributed by atoms with Crippen molar-refractivity contribution in [2.75, 3.05) is 36.2 Å². The molecule has 0 spiro atoms. The van der Waals surface area contributed by atoms with Gasteiger partial charge >= 0.3 is 0 Å². The number of rotatable bonds is 37. The number of hydrogen-bond donors (Lipinski definition) is 6. The molecule has 3 heterocycles. The first-order chi connectivity index (χ1) is 49.1. The highest BCUT2D eigenvalue weighted by Gasteiger charge is 2.19. The third kappa shape index (κ3) is 28.1. The number of halogens is 3. The predicted molar refractivity (Wildman–Crippen MR) is 400 cm³/mol. The summed E-state index contributed by atoms with van der Waals surface area (Å²) in [6, 6.07) is 35.0. The summed E-state index contributed by atoms with van der Waals surface area (Å²) in [6.45, 7) is 23.6. The van der Waals surface area contributed by atoms with Gasteiger partial charge in [0.05, 0.1) is 35.4 Å². The molecule has 3 amide bonds. The molecule has 0 fully saturated rings. The second-order valence-corrected chi connectivity index (χ2v) is 27.1. The molecule has 9 aromatic rings. The Bertz CT molecular complexity index is 4050. The van der Waals surface area contributed by atoms with E-state index in [2.05, 4.69) is 74.5 Å². The molecule has 0 aliphatic heterocycles. The van der Waals surface area contributed by atoms with E-state index in [0.717, 1.165) is 55.7 Å². The molecule has 1 unspecified atom stereocenters. The molecule has 3 aromatic heterocycles. The second-order valence-electron chi connectivity index (χ2n) is 24.5. The summed E-state index contributed by atoms with van der Waals surface area (Å²) in [5, 5.41) is 26.1. The van der Waals surface area contributed by atoms with E-state index in [1.54, 1.807) is 116 Å². The number of nitrogens with zero attached hydrogens (tertiary/aromatic N) is 3. The van der Waals surface area contributed by atoms with Gasteiger partial charge < -0.3 is 49.1 Å². The Morgan fingerprint density at radius 2 is 0.804 bits per heavy atom. The van der Waals surface area contributed by atoms with Crippen LogP contribution in [-0.4, -0.2) is 83.3 Å². The lowest BCUT2D eigenvalue weighted by Crippen LogP contribution is -2.27. The van der Waals surface area contributed by atoms with Crippen molar-refractivity contribution in [3.63, 3.8) is 0 Å². The average Bonchev–Trinajstić information content (AvgIpc) is 1.23. The number of carbonyl (C=O) groups is 3. The molecule has 0 saturated heterocycles. The maximum absolute atomic E-state index is 14.0. The van der Waals surface area contributed by atoms with E-state index in [9.17, 15) is 27.6 Å². The molecule has 6 aromatic carbocycles. The Morgan fingerprint density at radius 3 is 1.14 bits per heavy atom. The second kappa shape index (κ2) is 42.5. The lowest BCUT2D eigenvalue weighted by molar-refractivity contribution is 0.101. The molecule has 0 aliphatic carbocycles. The summed E-state index contributed by atoms with van der Waals surface area (Å²) in [6.07, 6.45) is 5.00. The molecular formula is C77H94F3N9O10S3. The van der Waals surface area contributed by atoms with Crippen molar-refractivity contribution in [2.45, 2.75) is 171 Å². The van der Waals surface area contributed by atoms with Crippen molar-refractivity contribution >= 4 is 67.1 Å². The summed E-state index contributed by atoms with van der Waals surface area (Å²) in [5.41, 5.74) is 5.00. The standard InChI is InChI=1S/2C26H32FN3O3S.C25H30FN3O4S/c1-5-8-18(4)28-14-21-16-34-26(29-21)30-25(31)20-11-22(13-23(12-20)33-17(2)3)32-15-19-9-6-7-10-24(19)27;1-5-20(6-2)28-14-21-16-34-26(29-21)30-25(31)19-11-22(13-23(12-19)33-17(3)4)32-15-18-9-7-8-10-24(18)27;1-17(2)33-22-12-19(11-21(13-22)32-15-18-7-4-5-8-23(18)26)24(30)29-25-28-20(16-34-25)14-27-9-6-10-31-3/h6-7,9-13,16-18,28H,5,8,14-15H2,1-4H3,(H,29,30,31);7-13,16-17,20,28H,5-6,14-15H2,1-4H3,(H,29,30,31);4-5,7-8,11-13,16-17,27H,6,9-10,14-15H2,1-3H3,(H,28,29,30). The fraction of sp³-hybridized carbons (Fsp3) is 0.377. The molecular weight excluding hydrogens is 1360 g/mol. The summed E-state index contributed by atoms with van der Waals surface area (Å²) in [7, 11) is 1.68. The van der Waals surface area contributed by atoms with Crippen LogP contribution >= 0.6 is 34.0 Å². The Balaban J connectivity index is 0.000000214. The van der Waals surface area contributed by atoms with E-state index in [0.29, 0.717) is 122 Å². The number of methoxy groups -OCH3 is 1. The Labute approximate surface area is 608 Å². The van der Waals surface area contributed by atoms with Crippen LogP contribution in [-0.2, 0) is 44.2 Å². The largest absolute Gasteiger partial charge is 0.491 e. The van der Waals surface area contributed by atoms with Crippen LogP contribution in [0, 0.1) is 17.5 Å². The smallest absolute Gasteiger partial charge is 0.257 e. The number of thiazole rings is 3. The quantitative estimate of drug-likeness (QED) is 0.0199. The maximum atomic E-state index is 14.0. The number of hydrogen-bond acceptors (Lipinski definition) is 19. The van der Waals surface area contributed by atoms with Crippen LogP contribution in [0.5, 0.6) is 34.5 Å². The van der Waals surface area contributed by atoms with Crippen LogP contribution in [0.2, 0.25) is 0 Å². The van der Waals surface area contributed by atoms with Crippen LogP contribution in [0.3, 0.4) is 0 Å². The molecule has 19 nitrogen and oxygen atoms in total. The van der Waals surface area contributed by atoms with Crippen molar-refractivity contribution in [3.05, 3.63) is 211 Å². The average molecular weight is 1460 g/mol. The zero-order valence-electron chi connectivity index (χ0n) is 59.7. The van der Waals surface area contributed by atoms with Gasteiger partial charge in [0.25, 0.3) is 17.7 Å². The Morgan fingerprint density at radius 1 is 0.461 bits per heavy atom. The topological polar surface area (TPSA) is 227 Å². The number of anilines is 3. The van der Waals surface area contributed by atoms with Crippen LogP contribution in [0.15, 0.2) is 144 Å². The lowest BCUT2D eigenvalue weighted by atomic mass is 10.2. The normalized spacial score (nSPS) is 11.4. The van der Waals surface area contributed by atoms with Gasteiger partial charge in [0.15, 0.2) is 15.4 Å². The molecule has 102 heavy (non-hydrogen) atoms. The van der Waals surface area contributed by atoms with Gasteiger partial charge in [0, 0.05) is 113 Å². The zero-order valence-corrected chi connectivity index (χ0v) is 62.2. The molecule has 6 N–H and O–H groups in total. The minimum absolute atomic E-state index is 0.0338. The zero-order chi connectivity index (χ0) is 73.3. The highest BCUT2D eigenvalue weighted by atomic mass is 32.1. The van der Waals surface area contributed by atoms with Crippen molar-refractivity contribution in [1.29, 1.82) is 0 Å². The first-order valence-electron chi connectivity index (χ1n) is 34.1. The Hall–Kier alpha value is -8.95. The first kappa shape index (κ1) is 80.4. The fourth-order valence-electron chi connectivity index (χ4n) is 9.75. The van der Waals surface area contributed by atoms with Gasteiger partial charge in [0.1, 0.15) is 71.8 Å². The third-order valence-electron chi connectivity index (χ3n) is 14.8. The molecule has 25 heteroatoms. The monoisotopic (exact) mass is 1460 g/mol. The van der Waals surface area contributed by atoms with Crippen molar-refractivity contribution in [3.8, 4) is 34.5 Å². The molecule has 1 atom stereocenters. The maximum Gasteiger partial charge on any atom is 0.257 e. The van der Waals surface area contributed by atoms with Crippen LogP contribution in [0.25, 0.3) is 0 Å². The van der Waals surface area contributed by atoms with Gasteiger partial charge in [0.2, 0.25) is 0 Å². The summed E-state index contributed by atoms with van der Waals surface area (Å²) in [5.74, 6) is 0.736. The van der Waals surface area contributed by atoms with E-state index < -0.39 is 0 Å². The van der Waals surface area contributed by atoms with Gasteiger partial charge in [-0.15, -0.1) is 34.0 Å². The summed E-state index contributed by atoms with van der Waals surface area (Å²) >= 11 is 4.12. The summed E-state index contributed by atoms with van der Waals surface area (Å²) in [4.78, 5) is 52.3. The SMILES string of the molecule is CCC(CC)NCc1csc(NC(=O)c2cc(OCc3ccccc3F)cc(OC(C)C)c2)n1.CCCC(C)NCc1csc(NC(=O)c2cc(OCc3ccccc3F)cc(OC(C)C)c2)n1.COCCCNCc1csc(NC(=O)c2cc(OCc3ccccc3F)cc(OC(C)C)c2)n1. The predicted octanol–water partition coefficient (Wildman–Crippen LogP) is 17.4. The third-order valence-corrected chi connectivity index (χ3v) is 17.3. The van der Waals surface area contributed by atoms with Crippen molar-refractivity contribution in [2.24, 2.45) is 0 Å². The van der Waals surface area contributed by atoms with Gasteiger partial charge in [-0.3, -0.25) is 30.3 Å². The molecule has 546 valence electrons. The molecule has 0 saturated carbocycles. The number of ether oxygens (including phenoxy) is 7. The van der Waals surface area contributed by atoms with Crippen molar-refractivity contribution in [1.82, 2.24) is 30.9 Å². The molecule has 0 bridgehead atoms. The minimum atomic E-state index is -0.345. The van der Waals surface area contributed by atoms with E-state index in [-0.39, 0.29) is 73.3 Å². The van der Waals surface area contributed by atoms with Gasteiger partial charge in [-0.2, -0.15) is 0 Å². The number of amides is 3. The number of benzene rings is 6. The van der Waals surface area contributed by atoms with E-state index in [1.807, 2.05) is 57.7 Å². The lowest BCUT2D eigenvalue weighted by Gasteiger charge is -2.14. The van der Waals surface area contributed by atoms with Crippen LogP contribution < -0.4 is 60.3 Å². The Kier molecular flexibility index (Phi) is 33.5. The van der Waals surface area contributed by atoms with Gasteiger partial charge in [-0.25, -0.2) is 28.1 Å². The first-order valence-corrected chi connectivity index (χ1v) is 36.8. The highest BCUT2D eigenvalue weighted by molar-refractivity contribution is 7.14. The molecule has 0 radical (unpaired) electrons. The number of carbonyl (C=O) groups excluding carboxylic acids is 3. The molecule has 9 rings (SSSR count). The van der Waals surface area contributed by atoms with Gasteiger partial charge in [-0.05, 0) is 135 Å². The van der Waals surface area contributed by atoms with E-state index >= 15 is 0 Å². The highest BCUT2D eigenvalue weighted by Crippen LogP contribution is 2.31. The number of aromatic nitrogens is 3. The van der Waals surface area contributed by atoms with Crippen LogP contribution in [0.1, 0.15) is 166 Å².